The summed E-state index contributed by atoms with van der Waals surface area (Å²) in [5, 5.41) is 22.8. The molecule has 6 heteroatoms. The van der Waals surface area contributed by atoms with Gasteiger partial charge in [0.05, 0.1) is 4.92 Å². The van der Waals surface area contributed by atoms with E-state index in [0.717, 1.165) is 12.8 Å². The standard InChI is InChI=1S/C15H15N3O3/c1-2-11-4-3-10(8-14(11)18(20)21)7-12(9-16)15(19)17-13-5-6-13/h3-4,7-8,13H,2,5-6H2,1H3,(H,17,19)/b12-7+. The third-order valence-corrected chi connectivity index (χ3v) is 3.28. The molecular weight excluding hydrogens is 270 g/mol. The predicted molar refractivity (Wildman–Crippen MR) is 77.2 cm³/mol. The summed E-state index contributed by atoms with van der Waals surface area (Å²) >= 11 is 0. The zero-order valence-electron chi connectivity index (χ0n) is 11.6. The summed E-state index contributed by atoms with van der Waals surface area (Å²) in [5.41, 5.74) is 1.06. The Labute approximate surface area is 122 Å². The highest BCUT2D eigenvalue weighted by Gasteiger charge is 2.24. The van der Waals surface area contributed by atoms with Gasteiger partial charge in [-0.2, -0.15) is 5.26 Å². The SMILES string of the molecule is CCc1ccc(/C=C(\C#N)C(=O)NC2CC2)cc1[N+](=O)[O-]. The van der Waals surface area contributed by atoms with Crippen LogP contribution >= 0.6 is 0 Å². The molecule has 0 radical (unpaired) electrons. The molecule has 0 aliphatic heterocycles. The van der Waals surface area contributed by atoms with E-state index in [1.54, 1.807) is 12.1 Å². The van der Waals surface area contributed by atoms with Gasteiger partial charge < -0.3 is 5.32 Å². The van der Waals surface area contributed by atoms with Gasteiger partial charge in [-0.3, -0.25) is 14.9 Å². The van der Waals surface area contributed by atoms with Crippen LogP contribution < -0.4 is 5.32 Å². The van der Waals surface area contributed by atoms with E-state index in [1.165, 1.54) is 12.1 Å². The number of nitrogens with one attached hydrogen (secondary N) is 1. The first-order chi connectivity index (χ1) is 10.0. The van der Waals surface area contributed by atoms with Crippen LogP contribution in [0.5, 0.6) is 0 Å². The maximum Gasteiger partial charge on any atom is 0.273 e. The topological polar surface area (TPSA) is 96.0 Å². The first kappa shape index (κ1) is 14.7. The Bertz CT molecular complexity index is 655. The van der Waals surface area contributed by atoms with Crippen molar-refractivity contribution in [2.45, 2.75) is 32.2 Å². The molecule has 1 fully saturated rings. The largest absolute Gasteiger partial charge is 0.349 e. The highest BCUT2D eigenvalue weighted by atomic mass is 16.6. The molecule has 0 saturated heterocycles. The van der Waals surface area contributed by atoms with Crippen LogP contribution in [0.25, 0.3) is 6.08 Å². The van der Waals surface area contributed by atoms with Gasteiger partial charge in [0.2, 0.25) is 0 Å². The first-order valence-corrected chi connectivity index (χ1v) is 6.75. The molecule has 108 valence electrons. The minimum absolute atomic E-state index is 0.00569. The van der Waals surface area contributed by atoms with E-state index in [1.807, 2.05) is 13.0 Å². The van der Waals surface area contributed by atoms with Crippen LogP contribution in [-0.4, -0.2) is 16.9 Å². The van der Waals surface area contributed by atoms with E-state index in [9.17, 15) is 14.9 Å². The maximum absolute atomic E-state index is 11.8. The van der Waals surface area contributed by atoms with Gasteiger partial charge in [-0.05, 0) is 30.9 Å². The summed E-state index contributed by atoms with van der Waals surface area (Å²) in [4.78, 5) is 22.4. The summed E-state index contributed by atoms with van der Waals surface area (Å²) in [6.45, 7) is 1.83. The second-order valence-electron chi connectivity index (χ2n) is 4.92. The number of hydrogen-bond acceptors (Lipinski definition) is 4. The highest BCUT2D eigenvalue weighted by Crippen LogP contribution is 2.23. The molecule has 2 rings (SSSR count). The monoisotopic (exact) mass is 285 g/mol. The number of carbonyl (C=O) groups excluding carboxylic acids is 1. The average molecular weight is 285 g/mol. The van der Waals surface area contributed by atoms with Crippen molar-refractivity contribution < 1.29 is 9.72 Å². The molecule has 0 spiro atoms. The molecule has 0 aromatic heterocycles. The lowest BCUT2D eigenvalue weighted by Gasteiger charge is -2.03. The number of carbonyl (C=O) groups is 1. The second kappa shape index (κ2) is 6.18. The molecule has 0 atom stereocenters. The van der Waals surface area contributed by atoms with Gasteiger partial charge in [0.25, 0.3) is 11.6 Å². The van der Waals surface area contributed by atoms with Crippen molar-refractivity contribution in [3.8, 4) is 6.07 Å². The quantitative estimate of drug-likeness (QED) is 0.388. The van der Waals surface area contributed by atoms with Gasteiger partial charge in [-0.15, -0.1) is 0 Å². The predicted octanol–water partition coefficient (Wildman–Crippen LogP) is 2.34. The van der Waals surface area contributed by atoms with Crippen molar-refractivity contribution in [3.05, 3.63) is 45.0 Å². The van der Waals surface area contributed by atoms with Crippen LogP contribution in [0, 0.1) is 21.4 Å². The minimum Gasteiger partial charge on any atom is -0.349 e. The Hall–Kier alpha value is -2.68. The van der Waals surface area contributed by atoms with Crippen molar-refractivity contribution in [2.75, 3.05) is 0 Å². The number of benzene rings is 1. The molecule has 1 aromatic rings. The zero-order chi connectivity index (χ0) is 15.4. The first-order valence-electron chi connectivity index (χ1n) is 6.75. The number of amides is 1. The Morgan fingerprint density at radius 3 is 2.81 bits per heavy atom. The lowest BCUT2D eigenvalue weighted by Crippen LogP contribution is -2.26. The minimum atomic E-state index is -0.452. The molecule has 1 N–H and O–H groups in total. The highest BCUT2D eigenvalue weighted by molar-refractivity contribution is 6.02. The molecule has 1 aliphatic carbocycles. The van der Waals surface area contributed by atoms with Crippen LogP contribution in [-0.2, 0) is 11.2 Å². The Kier molecular flexibility index (Phi) is 4.33. The Morgan fingerprint density at radius 2 is 2.29 bits per heavy atom. The molecule has 1 amide bonds. The van der Waals surface area contributed by atoms with Crippen LogP contribution in [0.3, 0.4) is 0 Å². The fourth-order valence-corrected chi connectivity index (χ4v) is 1.95. The molecule has 0 unspecified atom stereocenters. The van der Waals surface area contributed by atoms with Gasteiger partial charge in [0, 0.05) is 17.7 Å². The molecule has 21 heavy (non-hydrogen) atoms. The summed E-state index contributed by atoms with van der Waals surface area (Å²) in [5.74, 6) is -0.428. The smallest absolute Gasteiger partial charge is 0.273 e. The van der Waals surface area contributed by atoms with E-state index < -0.39 is 10.8 Å². The van der Waals surface area contributed by atoms with E-state index in [-0.39, 0.29) is 17.3 Å². The number of hydrogen-bond donors (Lipinski definition) is 1. The molecule has 0 bridgehead atoms. The number of nitro benzene ring substituents is 1. The maximum atomic E-state index is 11.8. The van der Waals surface area contributed by atoms with Crippen molar-refractivity contribution in [1.29, 1.82) is 5.26 Å². The molecule has 0 heterocycles. The fourth-order valence-electron chi connectivity index (χ4n) is 1.95. The van der Waals surface area contributed by atoms with Crippen molar-refractivity contribution in [3.63, 3.8) is 0 Å². The van der Waals surface area contributed by atoms with Gasteiger partial charge >= 0.3 is 0 Å². The lowest BCUT2D eigenvalue weighted by molar-refractivity contribution is -0.385. The summed E-state index contributed by atoms with van der Waals surface area (Å²) in [6, 6.07) is 6.71. The van der Waals surface area contributed by atoms with Gasteiger partial charge in [-0.25, -0.2) is 0 Å². The van der Waals surface area contributed by atoms with Gasteiger partial charge in [0.15, 0.2) is 0 Å². The number of nitro groups is 1. The van der Waals surface area contributed by atoms with Crippen molar-refractivity contribution >= 4 is 17.7 Å². The fraction of sp³-hybridized carbons (Fsp3) is 0.333. The van der Waals surface area contributed by atoms with E-state index in [0.29, 0.717) is 17.5 Å². The lowest BCUT2D eigenvalue weighted by atomic mass is 10.0. The molecule has 1 aliphatic rings. The Morgan fingerprint density at radius 1 is 1.57 bits per heavy atom. The van der Waals surface area contributed by atoms with Crippen molar-refractivity contribution in [2.24, 2.45) is 0 Å². The number of aryl methyl sites for hydroxylation is 1. The van der Waals surface area contributed by atoms with E-state index >= 15 is 0 Å². The summed E-state index contributed by atoms with van der Waals surface area (Å²) in [6.07, 6.45) is 3.79. The third-order valence-electron chi connectivity index (χ3n) is 3.28. The van der Waals surface area contributed by atoms with E-state index in [4.69, 9.17) is 5.26 Å². The zero-order valence-corrected chi connectivity index (χ0v) is 11.6. The normalized spacial score (nSPS) is 14.4. The van der Waals surface area contributed by atoms with E-state index in [2.05, 4.69) is 5.32 Å². The molecule has 1 aromatic carbocycles. The Balaban J connectivity index is 2.29. The van der Waals surface area contributed by atoms with Crippen LogP contribution in [0.2, 0.25) is 0 Å². The summed E-state index contributed by atoms with van der Waals surface area (Å²) < 4.78 is 0. The van der Waals surface area contributed by atoms with Crippen LogP contribution in [0.15, 0.2) is 23.8 Å². The van der Waals surface area contributed by atoms with Gasteiger partial charge in [0.1, 0.15) is 11.6 Å². The third kappa shape index (κ3) is 3.66. The van der Waals surface area contributed by atoms with Crippen molar-refractivity contribution in [1.82, 2.24) is 5.32 Å². The molecular formula is C15H15N3O3. The summed E-state index contributed by atoms with van der Waals surface area (Å²) in [7, 11) is 0. The second-order valence-corrected chi connectivity index (χ2v) is 4.92. The molecule has 1 saturated carbocycles. The average Bonchev–Trinajstić information content (AvgIpc) is 3.28. The van der Waals surface area contributed by atoms with Gasteiger partial charge in [-0.1, -0.05) is 19.1 Å². The van der Waals surface area contributed by atoms with Crippen LogP contribution in [0.1, 0.15) is 30.9 Å². The van der Waals surface area contributed by atoms with Crippen LogP contribution in [0.4, 0.5) is 5.69 Å². The number of rotatable bonds is 5. The molecule has 6 nitrogen and oxygen atoms in total. The number of nitriles is 1. The number of nitrogens with zero attached hydrogens (tertiary/aromatic N) is 2.